The summed E-state index contributed by atoms with van der Waals surface area (Å²) in [5.74, 6) is -0.450. The van der Waals surface area contributed by atoms with Crippen LogP contribution in [-0.2, 0) is 6.54 Å². The minimum Gasteiger partial charge on any atom is -0.314 e. The van der Waals surface area contributed by atoms with Crippen LogP contribution >= 0.6 is 0 Å². The maximum atomic E-state index is 13.7. The van der Waals surface area contributed by atoms with Gasteiger partial charge in [-0.25, -0.2) is 8.78 Å². The first-order chi connectivity index (χ1) is 8.58. The summed E-state index contributed by atoms with van der Waals surface area (Å²) in [6.45, 7) is 7.65. The standard InChI is InChI=1S/C14H20F2N2/c1-10(2)14-8-17-5-6-18(14)9-11-3-4-12(15)7-13(11)16/h3-4,7,10,14,17H,5-6,8-9H2,1-2H3. The molecule has 2 rings (SSSR count). The molecule has 1 unspecified atom stereocenters. The Labute approximate surface area is 107 Å². The van der Waals surface area contributed by atoms with E-state index in [1.165, 1.54) is 6.07 Å². The maximum absolute atomic E-state index is 13.7. The van der Waals surface area contributed by atoms with Crippen molar-refractivity contribution in [2.45, 2.75) is 26.4 Å². The van der Waals surface area contributed by atoms with Gasteiger partial charge in [0.15, 0.2) is 0 Å². The highest BCUT2D eigenvalue weighted by atomic mass is 19.1. The summed E-state index contributed by atoms with van der Waals surface area (Å²) >= 11 is 0. The van der Waals surface area contributed by atoms with Gasteiger partial charge in [-0.2, -0.15) is 0 Å². The van der Waals surface area contributed by atoms with Crippen molar-refractivity contribution in [2.24, 2.45) is 5.92 Å². The van der Waals surface area contributed by atoms with Gasteiger partial charge in [-0.15, -0.1) is 0 Å². The molecule has 1 aromatic rings. The molecule has 1 aliphatic rings. The van der Waals surface area contributed by atoms with E-state index in [4.69, 9.17) is 0 Å². The fourth-order valence-electron chi connectivity index (χ4n) is 2.49. The molecule has 1 fully saturated rings. The predicted molar refractivity (Wildman–Crippen MR) is 68.3 cm³/mol. The number of nitrogens with one attached hydrogen (secondary N) is 1. The van der Waals surface area contributed by atoms with E-state index < -0.39 is 11.6 Å². The van der Waals surface area contributed by atoms with Gasteiger partial charge in [0.2, 0.25) is 0 Å². The molecule has 1 aromatic carbocycles. The summed E-state index contributed by atoms with van der Waals surface area (Å²) in [6.07, 6.45) is 0. The Morgan fingerprint density at radius 3 is 2.83 bits per heavy atom. The van der Waals surface area contributed by atoms with Gasteiger partial charge < -0.3 is 5.32 Å². The predicted octanol–water partition coefficient (Wildman–Crippen LogP) is 2.39. The van der Waals surface area contributed by atoms with E-state index in [-0.39, 0.29) is 0 Å². The van der Waals surface area contributed by atoms with Crippen LogP contribution < -0.4 is 5.32 Å². The minimum atomic E-state index is -0.517. The Balaban J connectivity index is 2.11. The van der Waals surface area contributed by atoms with Crippen LogP contribution in [0.3, 0.4) is 0 Å². The van der Waals surface area contributed by atoms with E-state index >= 15 is 0 Å². The highest BCUT2D eigenvalue weighted by molar-refractivity contribution is 5.18. The normalized spacial score (nSPS) is 21.5. The van der Waals surface area contributed by atoms with Crippen LogP contribution in [0.1, 0.15) is 19.4 Å². The Hall–Kier alpha value is -1.00. The number of hydrogen-bond acceptors (Lipinski definition) is 2. The highest BCUT2D eigenvalue weighted by Crippen LogP contribution is 2.18. The zero-order valence-electron chi connectivity index (χ0n) is 10.9. The summed E-state index contributed by atoms with van der Waals surface area (Å²) < 4.78 is 26.5. The molecular formula is C14H20F2N2. The van der Waals surface area contributed by atoms with Crippen molar-refractivity contribution in [3.8, 4) is 0 Å². The van der Waals surface area contributed by atoms with E-state index in [1.807, 2.05) is 0 Å². The second kappa shape index (κ2) is 5.76. The summed E-state index contributed by atoms with van der Waals surface area (Å²) in [7, 11) is 0. The molecule has 2 nitrogen and oxygen atoms in total. The fourth-order valence-corrected chi connectivity index (χ4v) is 2.49. The van der Waals surface area contributed by atoms with Crippen LogP contribution in [-0.4, -0.2) is 30.6 Å². The monoisotopic (exact) mass is 254 g/mol. The summed E-state index contributed by atoms with van der Waals surface area (Å²) in [6, 6.07) is 4.24. The molecule has 1 atom stereocenters. The molecular weight excluding hydrogens is 234 g/mol. The lowest BCUT2D eigenvalue weighted by atomic mass is 9.99. The van der Waals surface area contributed by atoms with Crippen LogP contribution in [0.4, 0.5) is 8.78 Å². The molecule has 0 radical (unpaired) electrons. The number of hydrogen-bond donors (Lipinski definition) is 1. The Bertz CT molecular complexity index is 407. The lowest BCUT2D eigenvalue weighted by molar-refractivity contribution is 0.116. The Morgan fingerprint density at radius 2 is 2.17 bits per heavy atom. The van der Waals surface area contributed by atoms with Gasteiger partial charge in [-0.1, -0.05) is 19.9 Å². The second-order valence-electron chi connectivity index (χ2n) is 5.22. The molecule has 1 N–H and O–H groups in total. The molecule has 100 valence electrons. The summed E-state index contributed by atoms with van der Waals surface area (Å²) in [5, 5.41) is 3.36. The molecule has 18 heavy (non-hydrogen) atoms. The van der Waals surface area contributed by atoms with Crippen LogP contribution in [0.5, 0.6) is 0 Å². The van der Waals surface area contributed by atoms with E-state index in [9.17, 15) is 8.78 Å². The van der Waals surface area contributed by atoms with Crippen LogP contribution in [0, 0.1) is 17.6 Å². The second-order valence-corrected chi connectivity index (χ2v) is 5.22. The van der Waals surface area contributed by atoms with E-state index in [2.05, 4.69) is 24.1 Å². The maximum Gasteiger partial charge on any atom is 0.130 e. The number of benzene rings is 1. The van der Waals surface area contributed by atoms with Gasteiger partial charge in [0.25, 0.3) is 0 Å². The molecule has 0 spiro atoms. The molecule has 0 bridgehead atoms. The summed E-state index contributed by atoms with van der Waals surface area (Å²) in [4.78, 5) is 2.28. The van der Waals surface area contributed by atoms with Crippen molar-refractivity contribution in [3.63, 3.8) is 0 Å². The Morgan fingerprint density at radius 1 is 1.39 bits per heavy atom. The lowest BCUT2D eigenvalue weighted by Gasteiger charge is -2.38. The topological polar surface area (TPSA) is 15.3 Å². The van der Waals surface area contributed by atoms with Gasteiger partial charge in [0.1, 0.15) is 11.6 Å². The molecule has 1 heterocycles. The van der Waals surface area contributed by atoms with Gasteiger partial charge in [-0.05, 0) is 12.0 Å². The average molecular weight is 254 g/mol. The van der Waals surface area contributed by atoms with Gasteiger partial charge in [0, 0.05) is 43.9 Å². The zero-order chi connectivity index (χ0) is 13.1. The molecule has 0 saturated carbocycles. The highest BCUT2D eigenvalue weighted by Gasteiger charge is 2.25. The third-order valence-electron chi connectivity index (χ3n) is 3.56. The van der Waals surface area contributed by atoms with E-state index in [1.54, 1.807) is 6.07 Å². The molecule has 0 aromatic heterocycles. The van der Waals surface area contributed by atoms with Crippen molar-refractivity contribution in [2.75, 3.05) is 19.6 Å². The van der Waals surface area contributed by atoms with Crippen LogP contribution in [0.25, 0.3) is 0 Å². The molecule has 0 aliphatic carbocycles. The van der Waals surface area contributed by atoms with Crippen molar-refractivity contribution in [3.05, 3.63) is 35.4 Å². The lowest BCUT2D eigenvalue weighted by Crippen LogP contribution is -2.53. The van der Waals surface area contributed by atoms with Crippen LogP contribution in [0.2, 0.25) is 0 Å². The first-order valence-electron chi connectivity index (χ1n) is 6.46. The van der Waals surface area contributed by atoms with Crippen molar-refractivity contribution >= 4 is 0 Å². The van der Waals surface area contributed by atoms with Crippen LogP contribution in [0.15, 0.2) is 18.2 Å². The third-order valence-corrected chi connectivity index (χ3v) is 3.56. The average Bonchev–Trinajstić information content (AvgIpc) is 2.33. The number of halogens is 2. The largest absolute Gasteiger partial charge is 0.314 e. The summed E-state index contributed by atoms with van der Waals surface area (Å²) in [5.41, 5.74) is 0.573. The zero-order valence-corrected chi connectivity index (χ0v) is 10.9. The van der Waals surface area contributed by atoms with Gasteiger partial charge >= 0.3 is 0 Å². The van der Waals surface area contributed by atoms with Crippen molar-refractivity contribution in [1.29, 1.82) is 0 Å². The molecule has 4 heteroatoms. The molecule has 1 saturated heterocycles. The smallest absolute Gasteiger partial charge is 0.130 e. The first-order valence-corrected chi connectivity index (χ1v) is 6.46. The Kier molecular flexibility index (Phi) is 4.30. The van der Waals surface area contributed by atoms with Crippen molar-refractivity contribution < 1.29 is 8.78 Å². The molecule has 0 amide bonds. The number of nitrogens with zero attached hydrogens (tertiary/aromatic N) is 1. The SMILES string of the molecule is CC(C)C1CNCCN1Cc1ccc(F)cc1F. The fraction of sp³-hybridized carbons (Fsp3) is 0.571. The van der Waals surface area contributed by atoms with E-state index in [0.717, 1.165) is 25.7 Å². The number of rotatable bonds is 3. The van der Waals surface area contributed by atoms with Crippen molar-refractivity contribution in [1.82, 2.24) is 10.2 Å². The third kappa shape index (κ3) is 3.06. The van der Waals surface area contributed by atoms with E-state index in [0.29, 0.717) is 24.1 Å². The first kappa shape index (κ1) is 13.4. The molecule has 1 aliphatic heterocycles. The minimum absolute atomic E-state index is 0.406. The van der Waals surface area contributed by atoms with Gasteiger partial charge in [-0.3, -0.25) is 4.90 Å². The quantitative estimate of drug-likeness (QED) is 0.891. The van der Waals surface area contributed by atoms with Gasteiger partial charge in [0.05, 0.1) is 0 Å². The number of piperazine rings is 1.